The number of hydrazone groups is 1. The largest absolute Gasteiger partial charge is 0.496 e. The Kier molecular flexibility index (Phi) is 5.51. The molecule has 1 heterocycles. The average Bonchev–Trinajstić information content (AvgIpc) is 2.87. The second kappa shape index (κ2) is 7.37. The summed E-state index contributed by atoms with van der Waals surface area (Å²) in [6, 6.07) is 5.60. The van der Waals surface area contributed by atoms with E-state index in [-0.39, 0.29) is 0 Å². The van der Waals surface area contributed by atoms with Crippen molar-refractivity contribution in [3.05, 3.63) is 38.8 Å². The molecular formula is C14H14BrN3O3S. The van der Waals surface area contributed by atoms with E-state index < -0.39 is 5.97 Å². The lowest BCUT2D eigenvalue weighted by Crippen LogP contribution is -1.99. The van der Waals surface area contributed by atoms with Crippen molar-refractivity contribution in [2.24, 2.45) is 5.10 Å². The highest BCUT2D eigenvalue weighted by atomic mass is 79.9. The van der Waals surface area contributed by atoms with Crippen molar-refractivity contribution in [1.82, 2.24) is 4.98 Å². The molecule has 0 fully saturated rings. The van der Waals surface area contributed by atoms with Gasteiger partial charge in [0.2, 0.25) is 5.13 Å². The van der Waals surface area contributed by atoms with Gasteiger partial charge in [0, 0.05) is 0 Å². The molecule has 22 heavy (non-hydrogen) atoms. The van der Waals surface area contributed by atoms with E-state index in [1.54, 1.807) is 20.2 Å². The van der Waals surface area contributed by atoms with Crippen LogP contribution in [0.25, 0.3) is 0 Å². The molecule has 0 spiro atoms. The summed E-state index contributed by atoms with van der Waals surface area (Å²) in [7, 11) is 2.95. The minimum atomic E-state index is -0.397. The Balaban J connectivity index is 2.06. The monoisotopic (exact) mass is 383 g/mol. The van der Waals surface area contributed by atoms with Crippen LogP contribution in [-0.4, -0.2) is 31.4 Å². The van der Waals surface area contributed by atoms with E-state index in [0.717, 1.165) is 15.8 Å². The maximum Gasteiger partial charge on any atom is 0.350 e. The number of hydrogen-bond acceptors (Lipinski definition) is 7. The van der Waals surface area contributed by atoms with Gasteiger partial charge in [0.15, 0.2) is 0 Å². The van der Waals surface area contributed by atoms with Crippen molar-refractivity contribution in [3.8, 4) is 5.75 Å². The van der Waals surface area contributed by atoms with Crippen molar-refractivity contribution >= 4 is 44.6 Å². The Morgan fingerprint density at radius 1 is 1.45 bits per heavy atom. The summed E-state index contributed by atoms with van der Waals surface area (Å²) in [5.41, 5.74) is 4.31. The van der Waals surface area contributed by atoms with Gasteiger partial charge in [-0.25, -0.2) is 9.78 Å². The van der Waals surface area contributed by atoms with Gasteiger partial charge in [-0.3, -0.25) is 5.43 Å². The zero-order valence-electron chi connectivity index (χ0n) is 12.2. The number of halogens is 1. The van der Waals surface area contributed by atoms with Crippen molar-refractivity contribution in [3.63, 3.8) is 0 Å². The van der Waals surface area contributed by atoms with E-state index in [4.69, 9.17) is 4.74 Å². The Labute approximate surface area is 140 Å². The Hall–Kier alpha value is -1.93. The van der Waals surface area contributed by atoms with E-state index in [1.807, 2.05) is 18.2 Å². The molecule has 0 radical (unpaired) electrons. The molecule has 2 rings (SSSR count). The third-order valence-electron chi connectivity index (χ3n) is 2.72. The molecule has 0 aliphatic heterocycles. The molecule has 1 aromatic heterocycles. The lowest BCUT2D eigenvalue weighted by Gasteiger charge is -2.02. The second-order valence-corrected chi connectivity index (χ2v) is 6.04. The number of carbonyl (C=O) groups excluding carboxylic acids is 1. The third kappa shape index (κ3) is 3.83. The number of hydrogen-bond donors (Lipinski definition) is 1. The number of ether oxygens (including phenoxy) is 2. The minimum absolute atomic E-state index is 0.397. The van der Waals surface area contributed by atoms with Crippen LogP contribution in [0, 0.1) is 6.92 Å². The van der Waals surface area contributed by atoms with Gasteiger partial charge < -0.3 is 9.47 Å². The predicted molar refractivity (Wildman–Crippen MR) is 90.1 cm³/mol. The first-order valence-corrected chi connectivity index (χ1v) is 7.84. The van der Waals surface area contributed by atoms with Crippen molar-refractivity contribution in [1.29, 1.82) is 0 Å². The summed E-state index contributed by atoms with van der Waals surface area (Å²) in [6.45, 7) is 1.75. The van der Waals surface area contributed by atoms with Gasteiger partial charge in [-0.05, 0) is 46.6 Å². The van der Waals surface area contributed by atoms with Gasteiger partial charge >= 0.3 is 5.97 Å². The highest BCUT2D eigenvalue weighted by Crippen LogP contribution is 2.25. The Morgan fingerprint density at radius 2 is 2.23 bits per heavy atom. The van der Waals surface area contributed by atoms with E-state index in [0.29, 0.717) is 15.7 Å². The minimum Gasteiger partial charge on any atom is -0.496 e. The molecule has 8 heteroatoms. The van der Waals surface area contributed by atoms with Crippen molar-refractivity contribution in [2.45, 2.75) is 6.92 Å². The molecule has 0 aliphatic carbocycles. The van der Waals surface area contributed by atoms with E-state index in [1.165, 1.54) is 18.4 Å². The molecule has 1 N–H and O–H groups in total. The molecule has 6 nitrogen and oxygen atoms in total. The fraction of sp³-hybridized carbons (Fsp3) is 0.214. The molecule has 0 saturated heterocycles. The Bertz CT molecular complexity index is 715. The number of esters is 1. The summed E-state index contributed by atoms with van der Waals surface area (Å²) in [4.78, 5) is 16.2. The third-order valence-corrected chi connectivity index (χ3v) is 4.38. The smallest absolute Gasteiger partial charge is 0.350 e. The van der Waals surface area contributed by atoms with Crippen molar-refractivity contribution < 1.29 is 14.3 Å². The van der Waals surface area contributed by atoms with Crippen LogP contribution >= 0.6 is 27.3 Å². The summed E-state index contributed by atoms with van der Waals surface area (Å²) >= 11 is 4.61. The molecular weight excluding hydrogens is 370 g/mol. The maximum atomic E-state index is 11.5. The number of carbonyl (C=O) groups is 1. The number of anilines is 1. The molecule has 0 amide bonds. The quantitative estimate of drug-likeness (QED) is 0.486. The van der Waals surface area contributed by atoms with Gasteiger partial charge in [-0.1, -0.05) is 11.3 Å². The first-order chi connectivity index (χ1) is 10.5. The molecule has 2 aromatic rings. The molecule has 0 saturated carbocycles. The number of thiazole rings is 1. The van der Waals surface area contributed by atoms with E-state index in [9.17, 15) is 4.79 Å². The van der Waals surface area contributed by atoms with Crippen LogP contribution in [-0.2, 0) is 4.74 Å². The highest BCUT2D eigenvalue weighted by Gasteiger charge is 2.15. The molecule has 0 aliphatic rings. The first-order valence-electron chi connectivity index (χ1n) is 6.23. The van der Waals surface area contributed by atoms with Gasteiger partial charge in [0.1, 0.15) is 10.6 Å². The SMILES string of the molecule is COC(=O)c1sc(N/N=C/c2ccc(OC)c(Br)c2)nc1C. The zero-order valence-corrected chi connectivity index (χ0v) is 14.6. The standard InChI is InChI=1S/C14H14BrN3O3S/c1-8-12(13(19)21-3)22-14(17-8)18-16-7-9-4-5-11(20-2)10(15)6-9/h4-7H,1-3H3,(H,17,18)/b16-7+. The fourth-order valence-electron chi connectivity index (χ4n) is 1.65. The zero-order chi connectivity index (χ0) is 16.1. The maximum absolute atomic E-state index is 11.5. The van der Waals surface area contributed by atoms with Crippen LogP contribution < -0.4 is 10.2 Å². The number of rotatable bonds is 5. The predicted octanol–water partition coefficient (Wildman–Crippen LogP) is 3.46. The van der Waals surface area contributed by atoms with Crippen LogP contribution in [0.5, 0.6) is 5.75 Å². The van der Waals surface area contributed by atoms with Gasteiger partial charge in [-0.15, -0.1) is 0 Å². The second-order valence-electron chi connectivity index (χ2n) is 4.19. The van der Waals surface area contributed by atoms with Gasteiger partial charge in [0.25, 0.3) is 0 Å². The number of aromatic nitrogens is 1. The van der Waals surface area contributed by atoms with Crippen LogP contribution in [0.1, 0.15) is 20.9 Å². The number of nitrogens with zero attached hydrogens (tertiary/aromatic N) is 2. The van der Waals surface area contributed by atoms with Crippen LogP contribution in [0.2, 0.25) is 0 Å². The van der Waals surface area contributed by atoms with Gasteiger partial charge in [-0.2, -0.15) is 5.10 Å². The molecule has 0 atom stereocenters. The van der Waals surface area contributed by atoms with Crippen LogP contribution in [0.3, 0.4) is 0 Å². The molecule has 0 bridgehead atoms. The lowest BCUT2D eigenvalue weighted by atomic mass is 10.2. The summed E-state index contributed by atoms with van der Waals surface area (Å²) in [5.74, 6) is 0.356. The highest BCUT2D eigenvalue weighted by molar-refractivity contribution is 9.10. The number of benzene rings is 1. The topological polar surface area (TPSA) is 72.8 Å². The normalized spacial score (nSPS) is 10.7. The van der Waals surface area contributed by atoms with E-state index >= 15 is 0 Å². The van der Waals surface area contributed by atoms with Crippen molar-refractivity contribution in [2.75, 3.05) is 19.6 Å². The lowest BCUT2D eigenvalue weighted by molar-refractivity contribution is 0.0605. The van der Waals surface area contributed by atoms with Crippen LogP contribution in [0.15, 0.2) is 27.8 Å². The summed E-state index contributed by atoms with van der Waals surface area (Å²) in [6.07, 6.45) is 1.65. The fourth-order valence-corrected chi connectivity index (χ4v) is 3.04. The van der Waals surface area contributed by atoms with E-state index in [2.05, 4.69) is 36.2 Å². The number of methoxy groups -OCH3 is 2. The number of nitrogens with one attached hydrogen (secondary N) is 1. The summed E-state index contributed by atoms with van der Waals surface area (Å²) in [5, 5.41) is 4.64. The first kappa shape index (κ1) is 16.4. The summed E-state index contributed by atoms with van der Waals surface area (Å²) < 4.78 is 10.7. The molecule has 0 unspecified atom stereocenters. The molecule has 1 aromatic carbocycles. The van der Waals surface area contributed by atoms with Crippen LogP contribution in [0.4, 0.5) is 5.13 Å². The number of aryl methyl sites for hydroxylation is 1. The molecule has 116 valence electrons. The van der Waals surface area contributed by atoms with Gasteiger partial charge in [0.05, 0.1) is 30.6 Å². The Morgan fingerprint density at radius 3 is 2.86 bits per heavy atom. The average molecular weight is 384 g/mol.